The maximum absolute atomic E-state index is 13.3. The third-order valence-electron chi connectivity index (χ3n) is 5.17. The Morgan fingerprint density at radius 3 is 2.66 bits per heavy atom. The molecule has 0 saturated carbocycles. The monoisotopic (exact) mass is 482 g/mol. The highest BCUT2D eigenvalue weighted by Crippen LogP contribution is 2.44. The molecule has 32 heavy (non-hydrogen) atoms. The van der Waals surface area contributed by atoms with Crippen LogP contribution in [0.2, 0.25) is 5.02 Å². The summed E-state index contributed by atoms with van der Waals surface area (Å²) in [7, 11) is 1.58. The predicted octanol–water partition coefficient (Wildman–Crippen LogP) is 5.80. The van der Waals surface area contributed by atoms with Gasteiger partial charge in [-0.15, -0.1) is 11.3 Å². The standard InChI is InChI=1S/C23H15ClN2O4S2/c1-30-14-8-9-15-17(11-14)32-23(25-15)26-19(12-4-6-13(24)7-5-12)18(21(28)22(26)29)20(27)16-3-2-10-31-16/h2-11,19,28H,1H3/t19-/m1/s1. The second-order valence-electron chi connectivity index (χ2n) is 7.03. The van der Waals surface area contributed by atoms with Gasteiger partial charge in [0.25, 0.3) is 5.91 Å². The number of halogens is 1. The van der Waals surface area contributed by atoms with Gasteiger partial charge in [-0.2, -0.15) is 0 Å². The number of Topliss-reactive ketones (excluding diaryl/α,β-unsaturated/α-hetero) is 1. The van der Waals surface area contributed by atoms with Gasteiger partial charge in [0.15, 0.2) is 10.9 Å². The van der Waals surface area contributed by atoms with Crippen molar-refractivity contribution >= 4 is 61.3 Å². The molecule has 0 unspecified atom stereocenters. The van der Waals surface area contributed by atoms with Gasteiger partial charge in [0.1, 0.15) is 5.75 Å². The highest BCUT2D eigenvalue weighted by atomic mass is 35.5. The molecule has 9 heteroatoms. The fourth-order valence-electron chi connectivity index (χ4n) is 3.66. The molecule has 2 aromatic heterocycles. The van der Waals surface area contributed by atoms with E-state index in [-0.39, 0.29) is 5.57 Å². The molecule has 0 spiro atoms. The molecule has 3 heterocycles. The molecule has 0 aliphatic carbocycles. The normalized spacial score (nSPS) is 16.2. The number of aliphatic hydroxyl groups excluding tert-OH is 1. The minimum Gasteiger partial charge on any atom is -0.503 e. The Balaban J connectivity index is 1.67. The number of nitrogens with zero attached hydrogens (tertiary/aromatic N) is 2. The van der Waals surface area contributed by atoms with Gasteiger partial charge in [-0.3, -0.25) is 14.5 Å². The lowest BCUT2D eigenvalue weighted by Crippen LogP contribution is -2.30. The van der Waals surface area contributed by atoms with Crippen LogP contribution in [-0.4, -0.2) is 28.9 Å². The maximum atomic E-state index is 13.3. The first kappa shape index (κ1) is 20.7. The molecule has 4 aromatic rings. The van der Waals surface area contributed by atoms with Crippen molar-refractivity contribution in [3.05, 3.63) is 86.8 Å². The average Bonchev–Trinajstić information content (AvgIpc) is 3.52. The van der Waals surface area contributed by atoms with E-state index in [1.165, 1.54) is 27.6 Å². The summed E-state index contributed by atoms with van der Waals surface area (Å²) in [5, 5.41) is 13.5. The van der Waals surface area contributed by atoms with Crippen LogP contribution in [0.4, 0.5) is 5.13 Å². The van der Waals surface area contributed by atoms with E-state index in [1.54, 1.807) is 61.0 Å². The van der Waals surface area contributed by atoms with Crippen LogP contribution in [0.1, 0.15) is 21.3 Å². The lowest BCUT2D eigenvalue weighted by Gasteiger charge is -2.24. The summed E-state index contributed by atoms with van der Waals surface area (Å²) >= 11 is 8.60. The van der Waals surface area contributed by atoms with Crippen LogP contribution in [0.15, 0.2) is 71.3 Å². The van der Waals surface area contributed by atoms with Gasteiger partial charge in [0.2, 0.25) is 5.78 Å². The highest BCUT2D eigenvalue weighted by molar-refractivity contribution is 7.22. The van der Waals surface area contributed by atoms with Gasteiger partial charge in [-0.25, -0.2) is 4.98 Å². The number of fused-ring (bicyclic) bond motifs is 1. The zero-order valence-corrected chi connectivity index (χ0v) is 19.0. The van der Waals surface area contributed by atoms with Gasteiger partial charge in [-0.1, -0.05) is 41.1 Å². The van der Waals surface area contributed by atoms with Crippen molar-refractivity contribution in [3.63, 3.8) is 0 Å². The number of ether oxygens (including phenoxy) is 1. The lowest BCUT2D eigenvalue weighted by molar-refractivity contribution is -0.117. The summed E-state index contributed by atoms with van der Waals surface area (Å²) in [4.78, 5) is 32.9. The molecule has 1 amide bonds. The number of thiazole rings is 1. The Bertz CT molecular complexity index is 1380. The van der Waals surface area contributed by atoms with E-state index in [2.05, 4.69) is 4.98 Å². The molecule has 5 rings (SSSR count). The second-order valence-corrected chi connectivity index (χ2v) is 9.42. The van der Waals surface area contributed by atoms with E-state index in [0.717, 1.165) is 4.70 Å². The molecule has 1 aliphatic rings. The zero-order chi connectivity index (χ0) is 22.4. The number of thiophene rings is 1. The number of amides is 1. The number of carbonyl (C=O) groups is 2. The van der Waals surface area contributed by atoms with Crippen LogP contribution in [0.25, 0.3) is 10.2 Å². The van der Waals surface area contributed by atoms with Gasteiger partial charge < -0.3 is 9.84 Å². The van der Waals surface area contributed by atoms with Gasteiger partial charge >= 0.3 is 0 Å². The molecular weight excluding hydrogens is 468 g/mol. The molecular formula is C23H15ClN2O4S2. The van der Waals surface area contributed by atoms with Crippen molar-refractivity contribution in [2.45, 2.75) is 6.04 Å². The van der Waals surface area contributed by atoms with Crippen LogP contribution in [0.3, 0.4) is 0 Å². The first-order valence-electron chi connectivity index (χ1n) is 9.53. The van der Waals surface area contributed by atoms with Crippen LogP contribution in [0, 0.1) is 0 Å². The minimum absolute atomic E-state index is 0.0246. The van der Waals surface area contributed by atoms with Crippen molar-refractivity contribution in [2.75, 3.05) is 12.0 Å². The van der Waals surface area contributed by atoms with Crippen molar-refractivity contribution in [1.29, 1.82) is 0 Å². The largest absolute Gasteiger partial charge is 0.503 e. The summed E-state index contributed by atoms with van der Waals surface area (Å²) in [5.41, 5.74) is 1.35. The molecule has 0 radical (unpaired) electrons. The van der Waals surface area contributed by atoms with Crippen molar-refractivity contribution in [3.8, 4) is 5.75 Å². The first-order chi connectivity index (χ1) is 15.5. The molecule has 0 bridgehead atoms. The average molecular weight is 483 g/mol. The van der Waals surface area contributed by atoms with Crippen molar-refractivity contribution < 1.29 is 19.4 Å². The van der Waals surface area contributed by atoms with E-state index < -0.39 is 23.5 Å². The summed E-state index contributed by atoms with van der Waals surface area (Å²) in [6.07, 6.45) is 0. The molecule has 0 saturated heterocycles. The van der Waals surface area contributed by atoms with E-state index in [4.69, 9.17) is 16.3 Å². The molecule has 1 N–H and O–H groups in total. The van der Waals surface area contributed by atoms with Crippen molar-refractivity contribution in [2.24, 2.45) is 0 Å². The molecule has 1 aliphatic heterocycles. The number of aliphatic hydroxyl groups is 1. The van der Waals surface area contributed by atoms with Crippen LogP contribution in [0.5, 0.6) is 5.75 Å². The molecule has 1 atom stereocenters. The van der Waals surface area contributed by atoms with E-state index in [1.807, 2.05) is 6.07 Å². The number of methoxy groups -OCH3 is 1. The van der Waals surface area contributed by atoms with Gasteiger partial charge in [0, 0.05) is 5.02 Å². The summed E-state index contributed by atoms with van der Waals surface area (Å²) in [5.74, 6) is -0.962. The number of aromatic nitrogens is 1. The molecule has 6 nitrogen and oxygen atoms in total. The van der Waals surface area contributed by atoms with E-state index in [9.17, 15) is 14.7 Å². The summed E-state index contributed by atoms with van der Waals surface area (Å²) in [6.45, 7) is 0. The quantitative estimate of drug-likeness (QED) is 0.363. The predicted molar refractivity (Wildman–Crippen MR) is 126 cm³/mol. The van der Waals surface area contributed by atoms with Crippen molar-refractivity contribution in [1.82, 2.24) is 4.98 Å². The number of anilines is 1. The van der Waals surface area contributed by atoms with E-state index >= 15 is 0 Å². The Kier molecular flexibility index (Phi) is 5.21. The summed E-state index contributed by atoms with van der Waals surface area (Å²) in [6, 6.07) is 14.9. The minimum atomic E-state index is -0.836. The number of benzene rings is 2. The third kappa shape index (κ3) is 3.37. The van der Waals surface area contributed by atoms with Crippen LogP contribution in [-0.2, 0) is 4.79 Å². The smallest absolute Gasteiger partial charge is 0.296 e. The fourth-order valence-corrected chi connectivity index (χ4v) is 5.48. The Labute approximate surface area is 196 Å². The van der Waals surface area contributed by atoms with Crippen LogP contribution >= 0.6 is 34.3 Å². The number of hydrogen-bond donors (Lipinski definition) is 1. The van der Waals surface area contributed by atoms with Gasteiger partial charge in [0.05, 0.1) is 33.8 Å². The molecule has 2 aromatic carbocycles. The third-order valence-corrected chi connectivity index (χ3v) is 7.31. The Morgan fingerprint density at radius 2 is 1.97 bits per heavy atom. The Hall–Kier alpha value is -3.20. The maximum Gasteiger partial charge on any atom is 0.296 e. The Morgan fingerprint density at radius 1 is 1.19 bits per heavy atom. The molecule has 160 valence electrons. The highest BCUT2D eigenvalue weighted by Gasteiger charge is 2.46. The van der Waals surface area contributed by atoms with E-state index in [0.29, 0.717) is 31.9 Å². The number of carbonyl (C=O) groups excluding carboxylic acids is 2. The van der Waals surface area contributed by atoms with Gasteiger partial charge in [-0.05, 0) is 47.3 Å². The number of ketones is 1. The number of hydrogen-bond acceptors (Lipinski definition) is 7. The fraction of sp³-hybridized carbons (Fsp3) is 0.0870. The second kappa shape index (κ2) is 8.05. The number of rotatable bonds is 5. The SMILES string of the molecule is COc1ccc2nc(N3C(=O)C(O)=C(C(=O)c4cccs4)[C@H]3c3ccc(Cl)cc3)sc2c1. The summed E-state index contributed by atoms with van der Waals surface area (Å²) < 4.78 is 6.10. The zero-order valence-electron chi connectivity index (χ0n) is 16.6. The topological polar surface area (TPSA) is 79.7 Å². The lowest BCUT2D eigenvalue weighted by atomic mass is 9.95. The first-order valence-corrected chi connectivity index (χ1v) is 11.6. The van der Waals surface area contributed by atoms with Crippen LogP contribution < -0.4 is 9.64 Å². The molecule has 0 fully saturated rings.